The molecule has 0 spiro atoms. The maximum Gasteiger partial charge on any atom is 0.346 e. The maximum absolute atomic E-state index is 12.9. The Morgan fingerprint density at radius 1 is 0.811 bits per heavy atom. The Hall–Kier alpha value is -4.66. The first-order valence-electron chi connectivity index (χ1n) is 12.3. The summed E-state index contributed by atoms with van der Waals surface area (Å²) in [5.41, 5.74) is 7.61. The number of piperazine rings is 1. The van der Waals surface area contributed by atoms with Crippen LogP contribution in [0.15, 0.2) is 85.2 Å². The van der Waals surface area contributed by atoms with Crippen LogP contribution in [0.25, 0.3) is 11.4 Å². The van der Waals surface area contributed by atoms with Crippen molar-refractivity contribution in [3.05, 3.63) is 90.8 Å². The minimum atomic E-state index is -0.485. The van der Waals surface area contributed by atoms with Crippen molar-refractivity contribution in [2.24, 2.45) is 5.73 Å². The molecule has 37 heavy (non-hydrogen) atoms. The van der Waals surface area contributed by atoms with Crippen LogP contribution in [0.4, 0.5) is 10.5 Å². The summed E-state index contributed by atoms with van der Waals surface area (Å²) in [6.45, 7) is 6.78. The van der Waals surface area contributed by atoms with Crippen LogP contribution in [0.2, 0.25) is 0 Å². The largest absolute Gasteiger partial charge is 0.457 e. The van der Waals surface area contributed by atoms with Crippen LogP contribution < -0.4 is 15.4 Å². The van der Waals surface area contributed by atoms with Crippen molar-refractivity contribution < 1.29 is 14.3 Å². The number of nitrogens with zero attached hydrogens (tertiary/aromatic N) is 5. The average molecular weight is 499 g/mol. The van der Waals surface area contributed by atoms with E-state index in [4.69, 9.17) is 10.5 Å². The molecule has 1 fully saturated rings. The summed E-state index contributed by atoms with van der Waals surface area (Å²) in [7, 11) is 0. The highest BCUT2D eigenvalue weighted by Crippen LogP contribution is 2.25. The van der Waals surface area contributed by atoms with Crippen molar-refractivity contribution in [3.63, 3.8) is 0 Å². The number of amides is 2. The fraction of sp³-hybridized carbons (Fsp3) is 0.214. The Kier molecular flexibility index (Phi) is 8.15. The van der Waals surface area contributed by atoms with Crippen molar-refractivity contribution in [1.82, 2.24) is 19.7 Å². The Bertz CT molecular complexity index is 1310. The minimum absolute atomic E-state index is 0.184. The van der Waals surface area contributed by atoms with Crippen molar-refractivity contribution in [2.45, 2.75) is 13.8 Å². The lowest BCUT2D eigenvalue weighted by atomic mass is 10.2. The van der Waals surface area contributed by atoms with Crippen molar-refractivity contribution in [3.8, 4) is 22.9 Å². The molecule has 0 bridgehead atoms. The predicted molar refractivity (Wildman–Crippen MR) is 143 cm³/mol. The van der Waals surface area contributed by atoms with Crippen LogP contribution in [-0.4, -0.2) is 57.8 Å². The van der Waals surface area contributed by atoms with Gasteiger partial charge in [-0.05, 0) is 60.7 Å². The quantitative estimate of drug-likeness (QED) is 0.429. The summed E-state index contributed by atoms with van der Waals surface area (Å²) in [5.74, 6) is 1.18. The second-order valence-electron chi connectivity index (χ2n) is 8.12. The third-order valence-electron chi connectivity index (χ3n) is 5.85. The fourth-order valence-corrected chi connectivity index (χ4v) is 3.92. The van der Waals surface area contributed by atoms with Gasteiger partial charge in [-0.2, -0.15) is 4.68 Å². The molecular formula is C28H30N6O3. The lowest BCUT2D eigenvalue weighted by Gasteiger charge is -2.35. The number of para-hydroxylation sites is 1. The van der Waals surface area contributed by atoms with E-state index in [1.165, 1.54) is 11.0 Å². The smallest absolute Gasteiger partial charge is 0.346 e. The van der Waals surface area contributed by atoms with Gasteiger partial charge in [0, 0.05) is 43.0 Å². The van der Waals surface area contributed by atoms with E-state index in [-0.39, 0.29) is 6.03 Å². The number of hydrogen-bond donors (Lipinski definition) is 1. The molecule has 0 unspecified atom stereocenters. The zero-order chi connectivity index (χ0) is 26.2. The Morgan fingerprint density at radius 2 is 1.41 bits per heavy atom. The molecule has 0 radical (unpaired) electrons. The number of hydrogen-bond acceptors (Lipinski definition) is 6. The summed E-state index contributed by atoms with van der Waals surface area (Å²) >= 11 is 0. The van der Waals surface area contributed by atoms with Crippen LogP contribution in [0.1, 0.15) is 24.2 Å². The number of benzene rings is 3. The molecule has 0 saturated carbocycles. The molecule has 3 aromatic carbocycles. The molecule has 1 saturated heterocycles. The van der Waals surface area contributed by atoms with Gasteiger partial charge in [-0.25, -0.2) is 9.78 Å². The zero-order valence-corrected chi connectivity index (χ0v) is 20.9. The summed E-state index contributed by atoms with van der Waals surface area (Å²) in [4.78, 5) is 32.5. The average Bonchev–Trinajstić information content (AvgIpc) is 3.45. The van der Waals surface area contributed by atoms with Gasteiger partial charge in [0.05, 0.1) is 0 Å². The molecule has 2 heterocycles. The molecule has 1 aliphatic heterocycles. The van der Waals surface area contributed by atoms with Gasteiger partial charge in [0.2, 0.25) is 5.91 Å². The lowest BCUT2D eigenvalue weighted by Crippen LogP contribution is -2.50. The highest BCUT2D eigenvalue weighted by atomic mass is 16.5. The molecule has 190 valence electrons. The first kappa shape index (κ1) is 25.4. The molecular weight excluding hydrogens is 468 g/mol. The normalized spacial score (nSPS) is 12.9. The van der Waals surface area contributed by atoms with Crippen molar-refractivity contribution in [1.29, 1.82) is 0 Å². The fourth-order valence-electron chi connectivity index (χ4n) is 3.92. The summed E-state index contributed by atoms with van der Waals surface area (Å²) < 4.78 is 7.09. The number of carbonyl (C=O) groups is 2. The van der Waals surface area contributed by atoms with Crippen molar-refractivity contribution >= 4 is 17.6 Å². The van der Waals surface area contributed by atoms with E-state index in [0.717, 1.165) is 24.3 Å². The van der Waals surface area contributed by atoms with Crippen LogP contribution in [0.3, 0.4) is 0 Å². The third-order valence-corrected chi connectivity index (χ3v) is 5.85. The summed E-state index contributed by atoms with van der Waals surface area (Å²) in [6, 6.07) is 23.8. The standard InChI is InChI=1S/C26H24N6O3.C2H6/c27-24(33)19-6-10-22(11-7-19)35-23-12-8-20(9-13-23)25-28-18-32(29-25)26(34)31-16-14-30(15-17-31)21-4-2-1-3-5-21;1-2/h1-13,18H,14-17H2,(H2,27,33);1-2H3. The monoisotopic (exact) mass is 498 g/mol. The summed E-state index contributed by atoms with van der Waals surface area (Å²) in [5, 5.41) is 4.39. The Labute approximate surface area is 216 Å². The summed E-state index contributed by atoms with van der Waals surface area (Å²) in [6.07, 6.45) is 1.45. The van der Waals surface area contributed by atoms with Gasteiger partial charge < -0.3 is 20.3 Å². The number of primary amides is 1. The van der Waals surface area contributed by atoms with E-state index in [9.17, 15) is 9.59 Å². The number of aromatic nitrogens is 3. The number of anilines is 1. The molecule has 0 aliphatic carbocycles. The lowest BCUT2D eigenvalue weighted by molar-refractivity contribution is 0.1000. The first-order chi connectivity index (χ1) is 18.1. The molecule has 4 aromatic rings. The van der Waals surface area contributed by atoms with Gasteiger partial charge in [-0.3, -0.25) is 4.79 Å². The zero-order valence-electron chi connectivity index (χ0n) is 20.9. The van der Waals surface area contributed by atoms with E-state index in [2.05, 4.69) is 27.1 Å². The number of ether oxygens (including phenoxy) is 1. The molecule has 9 heteroatoms. The van der Waals surface area contributed by atoms with Crippen LogP contribution >= 0.6 is 0 Å². The molecule has 1 aliphatic rings. The Morgan fingerprint density at radius 3 is 2.00 bits per heavy atom. The van der Waals surface area contributed by atoms with E-state index in [1.54, 1.807) is 41.3 Å². The number of rotatable bonds is 5. The van der Waals surface area contributed by atoms with Gasteiger partial charge in [0.15, 0.2) is 5.82 Å². The number of nitrogens with two attached hydrogens (primary N) is 1. The minimum Gasteiger partial charge on any atom is -0.457 e. The van der Waals surface area contributed by atoms with Gasteiger partial charge in [0.1, 0.15) is 17.8 Å². The van der Waals surface area contributed by atoms with Gasteiger partial charge >= 0.3 is 6.03 Å². The van der Waals surface area contributed by atoms with Gasteiger partial charge in [0.25, 0.3) is 0 Å². The maximum atomic E-state index is 12.9. The SMILES string of the molecule is CC.NC(=O)c1ccc(Oc2ccc(-c3ncn(C(=O)N4CCN(c5ccccc5)CC4)n3)cc2)cc1. The van der Waals surface area contributed by atoms with Crippen LogP contribution in [0, 0.1) is 0 Å². The van der Waals surface area contributed by atoms with Gasteiger partial charge in [-0.15, -0.1) is 5.10 Å². The first-order valence-corrected chi connectivity index (χ1v) is 12.3. The van der Waals surface area contributed by atoms with E-state index < -0.39 is 5.91 Å². The second-order valence-corrected chi connectivity index (χ2v) is 8.12. The van der Waals surface area contributed by atoms with Crippen molar-refractivity contribution in [2.75, 3.05) is 31.1 Å². The molecule has 2 amide bonds. The highest BCUT2D eigenvalue weighted by Gasteiger charge is 2.23. The molecule has 5 rings (SSSR count). The topological polar surface area (TPSA) is 107 Å². The molecule has 0 atom stereocenters. The third kappa shape index (κ3) is 6.13. The molecule has 9 nitrogen and oxygen atoms in total. The highest BCUT2D eigenvalue weighted by molar-refractivity contribution is 5.92. The molecule has 1 aromatic heterocycles. The van der Waals surface area contributed by atoms with Gasteiger partial charge in [-0.1, -0.05) is 32.0 Å². The predicted octanol–water partition coefficient (Wildman–Crippen LogP) is 4.65. The van der Waals surface area contributed by atoms with Crippen LogP contribution in [0.5, 0.6) is 11.5 Å². The molecule has 2 N–H and O–H groups in total. The number of carbonyl (C=O) groups excluding carboxylic acids is 2. The second kappa shape index (κ2) is 11.9. The Balaban J connectivity index is 0.00000156. The van der Waals surface area contributed by atoms with E-state index in [0.29, 0.717) is 36.0 Å². The van der Waals surface area contributed by atoms with E-state index in [1.807, 2.05) is 44.2 Å². The van der Waals surface area contributed by atoms with E-state index >= 15 is 0 Å². The van der Waals surface area contributed by atoms with Crippen LogP contribution in [-0.2, 0) is 0 Å².